The van der Waals surface area contributed by atoms with Crippen molar-refractivity contribution in [2.45, 2.75) is 32.4 Å². The van der Waals surface area contributed by atoms with Gasteiger partial charge in [0.1, 0.15) is 17.6 Å². The van der Waals surface area contributed by atoms with Crippen LogP contribution in [0.4, 0.5) is 10.1 Å². The van der Waals surface area contributed by atoms with Gasteiger partial charge < -0.3 is 19.7 Å². The molecular weight excluding hydrogens is 493 g/mol. The van der Waals surface area contributed by atoms with Crippen molar-refractivity contribution in [3.8, 4) is 11.5 Å². The van der Waals surface area contributed by atoms with Crippen molar-refractivity contribution in [2.24, 2.45) is 0 Å². The summed E-state index contributed by atoms with van der Waals surface area (Å²) in [5.74, 6) is -1.03. The molecule has 0 fully saturated rings. The van der Waals surface area contributed by atoms with E-state index in [0.29, 0.717) is 12.1 Å². The first-order chi connectivity index (χ1) is 18.3. The third-order valence-electron chi connectivity index (χ3n) is 5.80. The Bertz CT molecular complexity index is 1240. The molecule has 9 nitrogen and oxygen atoms in total. The zero-order valence-electron chi connectivity index (χ0n) is 21.3. The highest BCUT2D eigenvalue weighted by Gasteiger charge is 2.30. The number of hydrogen-bond acceptors (Lipinski definition) is 6. The van der Waals surface area contributed by atoms with E-state index in [4.69, 9.17) is 9.47 Å². The molecule has 0 aromatic heterocycles. The lowest BCUT2D eigenvalue weighted by Gasteiger charge is -2.31. The van der Waals surface area contributed by atoms with Crippen LogP contribution in [-0.4, -0.2) is 47.9 Å². The smallest absolute Gasteiger partial charge is 0.311 e. The molecule has 3 rings (SSSR count). The van der Waals surface area contributed by atoms with Gasteiger partial charge in [0.25, 0.3) is 5.91 Å². The molecule has 38 heavy (non-hydrogen) atoms. The van der Waals surface area contributed by atoms with Gasteiger partial charge in [0.05, 0.1) is 12.0 Å². The number of ether oxygens (including phenoxy) is 2. The summed E-state index contributed by atoms with van der Waals surface area (Å²) < 4.78 is 24.2. The van der Waals surface area contributed by atoms with Crippen LogP contribution in [0.25, 0.3) is 0 Å². The van der Waals surface area contributed by atoms with Crippen LogP contribution >= 0.6 is 0 Å². The molecule has 0 saturated heterocycles. The third kappa shape index (κ3) is 7.76. The van der Waals surface area contributed by atoms with Crippen molar-refractivity contribution >= 4 is 17.5 Å². The van der Waals surface area contributed by atoms with E-state index in [-0.39, 0.29) is 36.1 Å². The highest BCUT2D eigenvalue weighted by molar-refractivity contribution is 5.88. The molecule has 0 spiro atoms. The fourth-order valence-corrected chi connectivity index (χ4v) is 3.83. The summed E-state index contributed by atoms with van der Waals surface area (Å²) in [6, 6.07) is 18.1. The monoisotopic (exact) mass is 523 g/mol. The summed E-state index contributed by atoms with van der Waals surface area (Å²) in [5.41, 5.74) is 1.26. The molecular formula is C28H30FN3O6. The highest BCUT2D eigenvalue weighted by Crippen LogP contribution is 2.30. The Morgan fingerprint density at radius 3 is 2.39 bits per heavy atom. The van der Waals surface area contributed by atoms with Gasteiger partial charge in [-0.25, -0.2) is 4.39 Å². The number of benzene rings is 3. The number of halogens is 1. The second-order valence-electron chi connectivity index (χ2n) is 8.52. The Balaban J connectivity index is 1.89. The van der Waals surface area contributed by atoms with Gasteiger partial charge in [-0.1, -0.05) is 49.4 Å². The minimum Gasteiger partial charge on any atom is -0.490 e. The molecule has 200 valence electrons. The third-order valence-corrected chi connectivity index (χ3v) is 5.80. The number of nitrogens with zero attached hydrogens (tertiary/aromatic N) is 2. The van der Waals surface area contributed by atoms with Crippen molar-refractivity contribution in [2.75, 3.05) is 20.3 Å². The predicted octanol–water partition coefficient (Wildman–Crippen LogP) is 4.29. The average Bonchev–Trinajstić information content (AvgIpc) is 2.93. The van der Waals surface area contributed by atoms with E-state index < -0.39 is 29.3 Å². The number of amides is 2. The average molecular weight is 524 g/mol. The Morgan fingerprint density at radius 2 is 1.76 bits per heavy atom. The standard InChI is InChI=1S/C28H30FN3O6/c1-3-15-30-28(34)25(16-20-7-5-4-6-8-20)31(18-21-9-11-22(29)12-10-21)27(33)19-38-23-13-14-24(32(35)36)26(17-23)37-2/h4-14,17,25H,3,15-16,18-19H2,1-2H3,(H,30,34)/t25-/m0/s1. The number of carbonyl (C=O) groups excluding carboxylic acids is 2. The van der Waals surface area contributed by atoms with Gasteiger partial charge in [-0.3, -0.25) is 19.7 Å². The number of nitrogens with one attached hydrogen (secondary N) is 1. The van der Waals surface area contributed by atoms with Gasteiger partial charge in [-0.05, 0) is 35.7 Å². The largest absolute Gasteiger partial charge is 0.490 e. The number of methoxy groups -OCH3 is 1. The van der Waals surface area contributed by atoms with Gasteiger partial charge >= 0.3 is 5.69 Å². The summed E-state index contributed by atoms with van der Waals surface area (Å²) in [4.78, 5) is 38.8. The van der Waals surface area contributed by atoms with Gasteiger partial charge in [-0.15, -0.1) is 0 Å². The van der Waals surface area contributed by atoms with Gasteiger partial charge in [0, 0.05) is 31.6 Å². The maximum atomic E-state index is 13.5. The number of hydrogen-bond donors (Lipinski definition) is 1. The second kappa shape index (κ2) is 13.7. The fraction of sp³-hybridized carbons (Fsp3) is 0.286. The van der Waals surface area contributed by atoms with Gasteiger partial charge in [0.15, 0.2) is 6.61 Å². The van der Waals surface area contributed by atoms with Crippen LogP contribution in [0.3, 0.4) is 0 Å². The van der Waals surface area contributed by atoms with E-state index >= 15 is 0 Å². The van der Waals surface area contributed by atoms with Gasteiger partial charge in [0.2, 0.25) is 11.7 Å². The number of nitro benzene ring substituents is 1. The van der Waals surface area contributed by atoms with Crippen LogP contribution < -0.4 is 14.8 Å². The summed E-state index contributed by atoms with van der Waals surface area (Å²) in [5, 5.41) is 14.0. The lowest BCUT2D eigenvalue weighted by molar-refractivity contribution is -0.385. The summed E-state index contributed by atoms with van der Waals surface area (Å²) in [6.07, 6.45) is 0.982. The van der Waals surface area contributed by atoms with Gasteiger partial charge in [-0.2, -0.15) is 0 Å². The molecule has 10 heteroatoms. The Labute approximate surface area is 220 Å². The normalized spacial score (nSPS) is 11.3. The van der Waals surface area contributed by atoms with E-state index in [9.17, 15) is 24.1 Å². The van der Waals surface area contributed by atoms with Crippen LogP contribution in [0.2, 0.25) is 0 Å². The van der Waals surface area contributed by atoms with E-state index in [1.165, 1.54) is 42.3 Å². The minimum atomic E-state index is -0.864. The van der Waals surface area contributed by atoms with Crippen molar-refractivity contribution in [3.63, 3.8) is 0 Å². The number of carbonyl (C=O) groups is 2. The Morgan fingerprint density at radius 1 is 1.05 bits per heavy atom. The molecule has 0 bridgehead atoms. The minimum absolute atomic E-state index is 0.0102. The van der Waals surface area contributed by atoms with E-state index in [2.05, 4.69) is 5.32 Å². The number of nitro groups is 1. The van der Waals surface area contributed by atoms with E-state index in [1.807, 2.05) is 37.3 Å². The summed E-state index contributed by atoms with van der Waals surface area (Å²) in [7, 11) is 1.30. The predicted molar refractivity (Wildman–Crippen MR) is 139 cm³/mol. The first kappa shape index (κ1) is 28.1. The zero-order valence-corrected chi connectivity index (χ0v) is 21.3. The van der Waals surface area contributed by atoms with Crippen LogP contribution in [0.15, 0.2) is 72.8 Å². The molecule has 0 heterocycles. The molecule has 0 aliphatic carbocycles. The molecule has 0 radical (unpaired) electrons. The summed E-state index contributed by atoms with van der Waals surface area (Å²) in [6.45, 7) is 1.99. The maximum Gasteiger partial charge on any atom is 0.311 e. The lowest BCUT2D eigenvalue weighted by atomic mass is 10.0. The SMILES string of the molecule is CCCNC(=O)[C@H](Cc1ccccc1)N(Cc1ccc(F)cc1)C(=O)COc1ccc([N+](=O)[O-])c(OC)c1. The topological polar surface area (TPSA) is 111 Å². The molecule has 2 amide bonds. The molecule has 3 aromatic carbocycles. The van der Waals surface area contributed by atoms with E-state index in [0.717, 1.165) is 12.0 Å². The molecule has 0 aliphatic heterocycles. The highest BCUT2D eigenvalue weighted by atomic mass is 19.1. The van der Waals surface area contributed by atoms with Crippen molar-refractivity contribution < 1.29 is 28.4 Å². The maximum absolute atomic E-state index is 13.5. The molecule has 3 aromatic rings. The van der Waals surface area contributed by atoms with Crippen LogP contribution in [0.5, 0.6) is 11.5 Å². The zero-order chi connectivity index (χ0) is 27.5. The lowest BCUT2D eigenvalue weighted by Crippen LogP contribution is -2.51. The van der Waals surface area contributed by atoms with E-state index in [1.54, 1.807) is 12.1 Å². The van der Waals surface area contributed by atoms with Crippen molar-refractivity contribution in [1.29, 1.82) is 0 Å². The molecule has 0 saturated carbocycles. The number of rotatable bonds is 13. The van der Waals surface area contributed by atoms with Crippen molar-refractivity contribution in [1.82, 2.24) is 10.2 Å². The summed E-state index contributed by atoms with van der Waals surface area (Å²) >= 11 is 0. The Kier molecular flexibility index (Phi) is 10.2. The van der Waals surface area contributed by atoms with Crippen molar-refractivity contribution in [3.05, 3.63) is 99.9 Å². The quantitative estimate of drug-likeness (QED) is 0.264. The molecule has 1 atom stereocenters. The first-order valence-electron chi connectivity index (χ1n) is 12.1. The van der Waals surface area contributed by atoms with Crippen LogP contribution in [0.1, 0.15) is 24.5 Å². The van der Waals surface area contributed by atoms with Crippen LogP contribution in [0, 0.1) is 15.9 Å². The molecule has 0 unspecified atom stereocenters. The fourth-order valence-electron chi connectivity index (χ4n) is 3.83. The molecule has 1 N–H and O–H groups in total. The molecule has 0 aliphatic rings. The van der Waals surface area contributed by atoms with Crippen LogP contribution in [-0.2, 0) is 22.6 Å². The Hall–Kier alpha value is -4.47. The first-order valence-corrected chi connectivity index (χ1v) is 12.1. The second-order valence-corrected chi connectivity index (χ2v) is 8.52.